The molecule has 5 rings (SSSR count). The van der Waals surface area contributed by atoms with Crippen LogP contribution in [0.4, 0.5) is 24.0 Å². The molecule has 1 saturated heterocycles. The molecular formula is C23H19F3N6O4S2. The van der Waals surface area contributed by atoms with Crippen molar-refractivity contribution >= 4 is 55.1 Å². The van der Waals surface area contributed by atoms with Gasteiger partial charge < -0.3 is 14.4 Å². The largest absolute Gasteiger partial charge is 0.416 e. The number of nitrogens with one attached hydrogen (secondary N) is 1. The highest BCUT2D eigenvalue weighted by Crippen LogP contribution is 2.32. The van der Waals surface area contributed by atoms with Crippen molar-refractivity contribution < 1.29 is 31.2 Å². The summed E-state index contributed by atoms with van der Waals surface area (Å²) in [6.45, 7) is -0.0582. The lowest BCUT2D eigenvalue weighted by Crippen LogP contribution is -2.53. The first-order chi connectivity index (χ1) is 18.0. The van der Waals surface area contributed by atoms with Crippen LogP contribution in [0.25, 0.3) is 10.9 Å². The molecule has 2 amide bonds. The number of hydrogen-bond acceptors (Lipinski definition) is 7. The normalized spacial score (nSPS) is 14.8. The topological polar surface area (TPSA) is 118 Å². The molecule has 15 heteroatoms. The Balaban J connectivity index is 1.24. The molecule has 1 aliphatic rings. The van der Waals surface area contributed by atoms with Gasteiger partial charge in [0.1, 0.15) is 19.4 Å². The van der Waals surface area contributed by atoms with Crippen LogP contribution in [0.15, 0.2) is 66.0 Å². The van der Waals surface area contributed by atoms with Crippen LogP contribution in [0.1, 0.15) is 5.56 Å². The zero-order valence-electron chi connectivity index (χ0n) is 19.4. The molecule has 1 aliphatic heterocycles. The van der Waals surface area contributed by atoms with E-state index in [-0.39, 0.29) is 47.6 Å². The van der Waals surface area contributed by atoms with Crippen LogP contribution < -0.4 is 9.62 Å². The minimum absolute atomic E-state index is 0.0228. The molecule has 0 radical (unpaired) electrons. The van der Waals surface area contributed by atoms with Crippen molar-refractivity contribution in [3.63, 3.8) is 0 Å². The molecule has 3 heterocycles. The maximum atomic E-state index is 13.1. The summed E-state index contributed by atoms with van der Waals surface area (Å²) in [5.41, 5.74) is -0.0715. The molecule has 38 heavy (non-hydrogen) atoms. The number of fused-ring (bicyclic) bond motifs is 1. The Morgan fingerprint density at radius 2 is 1.84 bits per heavy atom. The highest BCUT2D eigenvalue weighted by Gasteiger charge is 2.31. The molecular weight excluding hydrogens is 545 g/mol. The Hall–Kier alpha value is -3.98. The minimum Gasteiger partial charge on any atom is -0.338 e. The number of amides is 2. The molecule has 4 aromatic rings. The van der Waals surface area contributed by atoms with E-state index in [1.807, 2.05) is 0 Å². The fourth-order valence-corrected chi connectivity index (χ4v) is 5.76. The van der Waals surface area contributed by atoms with Crippen molar-refractivity contribution in [2.75, 3.05) is 29.3 Å². The standard InChI is InChI=1S/C23H19F3N6O4S2/c24-23(25,26)16-2-1-15-7-8-30(19(15)11-16)12-20(33)31-9-10-32(21(34)13-31)17-3-5-18(6-4-17)38(35,36)29-22-27-14-28-37-22/h1-8,11,14H,9-10,12-13H2,(H,27,28,29). The summed E-state index contributed by atoms with van der Waals surface area (Å²) in [5, 5.41) is 0.689. The predicted octanol–water partition coefficient (Wildman–Crippen LogP) is 3.19. The van der Waals surface area contributed by atoms with Gasteiger partial charge in [-0.15, -0.1) is 0 Å². The monoisotopic (exact) mass is 564 g/mol. The summed E-state index contributed by atoms with van der Waals surface area (Å²) in [5.74, 6) is -0.777. The van der Waals surface area contributed by atoms with Crippen LogP contribution in [0.3, 0.4) is 0 Å². The van der Waals surface area contributed by atoms with Gasteiger partial charge in [0.05, 0.1) is 10.5 Å². The fraction of sp³-hybridized carbons (Fsp3) is 0.217. The number of halogens is 3. The first-order valence-electron chi connectivity index (χ1n) is 11.1. The van der Waals surface area contributed by atoms with E-state index >= 15 is 0 Å². The van der Waals surface area contributed by atoms with Gasteiger partial charge in [-0.05, 0) is 47.9 Å². The summed E-state index contributed by atoms with van der Waals surface area (Å²) >= 11 is 0.893. The third kappa shape index (κ3) is 5.19. The van der Waals surface area contributed by atoms with Gasteiger partial charge in [0.15, 0.2) is 0 Å². The van der Waals surface area contributed by atoms with Crippen LogP contribution >= 0.6 is 11.5 Å². The molecule has 0 saturated carbocycles. The van der Waals surface area contributed by atoms with Gasteiger partial charge in [0.2, 0.25) is 16.9 Å². The second kappa shape index (κ2) is 9.72. The molecule has 0 spiro atoms. The lowest BCUT2D eigenvalue weighted by atomic mass is 10.1. The van der Waals surface area contributed by atoms with E-state index in [2.05, 4.69) is 14.1 Å². The van der Waals surface area contributed by atoms with Gasteiger partial charge in [-0.2, -0.15) is 17.5 Å². The van der Waals surface area contributed by atoms with Crippen LogP contribution in [0, 0.1) is 0 Å². The molecule has 10 nitrogen and oxygen atoms in total. The SMILES string of the molecule is O=C(Cn1ccc2ccc(C(F)(F)F)cc21)N1CCN(c2ccc(S(=O)(=O)Nc3ncns3)cc2)C(=O)C1. The molecule has 0 bridgehead atoms. The summed E-state index contributed by atoms with van der Waals surface area (Å²) < 4.78 is 71.8. The summed E-state index contributed by atoms with van der Waals surface area (Å²) in [6.07, 6.45) is -1.74. The summed E-state index contributed by atoms with van der Waals surface area (Å²) in [7, 11) is -3.88. The average molecular weight is 565 g/mol. The third-order valence-corrected chi connectivity index (χ3v) is 8.09. The number of aromatic nitrogens is 3. The van der Waals surface area contributed by atoms with Crippen LogP contribution in [0.2, 0.25) is 0 Å². The fourth-order valence-electron chi connectivity index (χ4n) is 4.10. The maximum absolute atomic E-state index is 13.1. The molecule has 0 unspecified atom stereocenters. The number of carbonyl (C=O) groups excluding carboxylic acids is 2. The number of benzene rings is 2. The summed E-state index contributed by atoms with van der Waals surface area (Å²) in [6, 6.07) is 10.7. The van der Waals surface area contributed by atoms with Gasteiger partial charge in [0, 0.05) is 42.0 Å². The van der Waals surface area contributed by atoms with Gasteiger partial charge in [-0.1, -0.05) is 6.07 Å². The van der Waals surface area contributed by atoms with E-state index in [1.54, 1.807) is 6.07 Å². The maximum Gasteiger partial charge on any atom is 0.416 e. The number of anilines is 2. The van der Waals surface area contributed by atoms with Crippen molar-refractivity contribution in [2.24, 2.45) is 0 Å². The van der Waals surface area contributed by atoms with E-state index in [0.29, 0.717) is 11.1 Å². The molecule has 0 atom stereocenters. The molecule has 2 aromatic heterocycles. The van der Waals surface area contributed by atoms with Crippen molar-refractivity contribution in [3.05, 3.63) is 66.6 Å². The molecule has 1 N–H and O–H groups in total. The number of sulfonamides is 1. The molecule has 1 fully saturated rings. The second-order valence-corrected chi connectivity index (χ2v) is 10.9. The van der Waals surface area contributed by atoms with E-state index < -0.39 is 27.7 Å². The zero-order chi connectivity index (χ0) is 27.1. The minimum atomic E-state index is -4.51. The Morgan fingerprint density at radius 3 is 2.50 bits per heavy atom. The van der Waals surface area contributed by atoms with Crippen molar-refractivity contribution in [1.29, 1.82) is 0 Å². The van der Waals surface area contributed by atoms with Crippen molar-refractivity contribution in [3.8, 4) is 0 Å². The summed E-state index contributed by atoms with van der Waals surface area (Å²) in [4.78, 5) is 32.3. The molecule has 0 aliphatic carbocycles. The second-order valence-electron chi connectivity index (χ2n) is 8.42. The number of carbonyl (C=O) groups is 2. The first-order valence-corrected chi connectivity index (χ1v) is 13.4. The highest BCUT2D eigenvalue weighted by atomic mass is 32.2. The Kier molecular flexibility index (Phi) is 6.56. The van der Waals surface area contributed by atoms with E-state index in [1.165, 1.54) is 57.2 Å². The van der Waals surface area contributed by atoms with Crippen molar-refractivity contribution in [1.82, 2.24) is 18.8 Å². The van der Waals surface area contributed by atoms with Crippen LogP contribution in [-0.4, -0.2) is 58.7 Å². The van der Waals surface area contributed by atoms with Gasteiger partial charge in [-0.25, -0.2) is 13.4 Å². The Labute approximate surface area is 218 Å². The Morgan fingerprint density at radius 1 is 1.08 bits per heavy atom. The Bertz CT molecular complexity index is 1600. The highest BCUT2D eigenvalue weighted by molar-refractivity contribution is 7.93. The predicted molar refractivity (Wildman–Crippen MR) is 133 cm³/mol. The molecule has 198 valence electrons. The van der Waals surface area contributed by atoms with E-state index in [4.69, 9.17) is 0 Å². The molecule has 2 aromatic carbocycles. The van der Waals surface area contributed by atoms with E-state index in [9.17, 15) is 31.2 Å². The lowest BCUT2D eigenvalue weighted by molar-refractivity contribution is -0.137. The van der Waals surface area contributed by atoms with E-state index in [0.717, 1.165) is 23.7 Å². The zero-order valence-corrected chi connectivity index (χ0v) is 21.1. The quantitative estimate of drug-likeness (QED) is 0.385. The number of alkyl halides is 3. The lowest BCUT2D eigenvalue weighted by Gasteiger charge is -2.34. The van der Waals surface area contributed by atoms with Crippen LogP contribution in [-0.2, 0) is 32.3 Å². The third-order valence-electron chi connectivity index (χ3n) is 6.02. The van der Waals surface area contributed by atoms with Gasteiger partial charge >= 0.3 is 6.18 Å². The van der Waals surface area contributed by atoms with Crippen LogP contribution in [0.5, 0.6) is 0 Å². The number of nitrogens with zero attached hydrogens (tertiary/aromatic N) is 5. The number of rotatable bonds is 6. The van der Waals surface area contributed by atoms with Crippen molar-refractivity contribution in [2.45, 2.75) is 17.6 Å². The average Bonchev–Trinajstić information content (AvgIpc) is 3.53. The smallest absolute Gasteiger partial charge is 0.338 e. The van der Waals surface area contributed by atoms with Gasteiger partial charge in [-0.3, -0.25) is 14.3 Å². The number of hydrogen-bond donors (Lipinski definition) is 1. The first kappa shape index (κ1) is 25.7. The van der Waals surface area contributed by atoms with Gasteiger partial charge in [0.25, 0.3) is 10.0 Å². The number of piperazine rings is 1.